The summed E-state index contributed by atoms with van der Waals surface area (Å²) in [5.41, 5.74) is 10.0. The molecule has 3 nitrogen and oxygen atoms in total. The lowest BCUT2D eigenvalue weighted by Crippen LogP contribution is -2.00. The number of hydrogen-bond donors (Lipinski definition) is 0. The van der Waals surface area contributed by atoms with E-state index in [-0.39, 0.29) is 0 Å². The summed E-state index contributed by atoms with van der Waals surface area (Å²) < 4.78 is 0. The second kappa shape index (κ2) is 13.4. The highest BCUT2D eigenvalue weighted by Crippen LogP contribution is 2.34. The van der Waals surface area contributed by atoms with E-state index in [1.165, 1.54) is 38.4 Å². The average molecular weight is 688 g/mol. The Balaban J connectivity index is 1.03. The predicted octanol–water partition coefficient (Wildman–Crippen LogP) is 13.3. The predicted molar refractivity (Wildman–Crippen MR) is 225 cm³/mol. The fraction of sp³-hybridized carbons (Fsp3) is 0. The summed E-state index contributed by atoms with van der Waals surface area (Å²) in [5, 5.41) is 7.07. The third kappa shape index (κ3) is 5.88. The Bertz CT molecular complexity index is 2960. The van der Waals surface area contributed by atoms with Gasteiger partial charge in [0.2, 0.25) is 0 Å². The highest BCUT2D eigenvalue weighted by molar-refractivity contribution is 5.97. The lowest BCUT2D eigenvalue weighted by molar-refractivity contribution is 1.08. The molecule has 1 aromatic heterocycles. The van der Waals surface area contributed by atoms with Crippen LogP contribution in [0.15, 0.2) is 200 Å². The van der Waals surface area contributed by atoms with Crippen molar-refractivity contribution >= 4 is 32.3 Å². The molecule has 0 bridgehead atoms. The number of rotatable bonds is 6. The van der Waals surface area contributed by atoms with E-state index >= 15 is 0 Å². The first-order chi connectivity index (χ1) is 26.7. The van der Waals surface area contributed by atoms with E-state index in [1.54, 1.807) is 0 Å². The fourth-order valence-corrected chi connectivity index (χ4v) is 7.50. The third-order valence-corrected chi connectivity index (χ3v) is 10.3. The summed E-state index contributed by atoms with van der Waals surface area (Å²) in [6.45, 7) is 0. The minimum absolute atomic E-state index is 0.639. The SMILES string of the molecule is c1ccc(-c2ccc3cc(-c4nc(-c5ccc(-c6ccc(-c7cccc8ccccc78)cc6)cc5)nc(-c5cccc6ccccc56)n4)ccc3c2)cc1. The molecule has 0 spiro atoms. The number of fused-ring (bicyclic) bond motifs is 3. The number of nitrogens with zero attached hydrogens (tertiary/aromatic N) is 3. The average Bonchev–Trinajstić information content (AvgIpc) is 3.26. The lowest BCUT2D eigenvalue weighted by atomic mass is 9.96. The summed E-state index contributed by atoms with van der Waals surface area (Å²) in [7, 11) is 0. The van der Waals surface area contributed by atoms with Crippen LogP contribution in [0, 0.1) is 0 Å². The van der Waals surface area contributed by atoms with Gasteiger partial charge in [-0.25, -0.2) is 15.0 Å². The van der Waals surface area contributed by atoms with Crippen molar-refractivity contribution < 1.29 is 0 Å². The van der Waals surface area contributed by atoms with Gasteiger partial charge in [0.05, 0.1) is 0 Å². The monoisotopic (exact) mass is 687 g/mol. The van der Waals surface area contributed by atoms with Crippen LogP contribution < -0.4 is 0 Å². The van der Waals surface area contributed by atoms with E-state index in [0.717, 1.165) is 44.0 Å². The quantitative estimate of drug-likeness (QED) is 0.175. The number of hydrogen-bond acceptors (Lipinski definition) is 3. The molecule has 1 heterocycles. The number of benzene rings is 9. The highest BCUT2D eigenvalue weighted by atomic mass is 15.0. The Kier molecular flexibility index (Phi) is 7.81. The molecule has 0 saturated carbocycles. The molecule has 0 unspecified atom stereocenters. The fourth-order valence-electron chi connectivity index (χ4n) is 7.50. The van der Waals surface area contributed by atoms with Gasteiger partial charge in [-0.2, -0.15) is 0 Å². The Morgan fingerprint density at radius 2 is 0.648 bits per heavy atom. The van der Waals surface area contributed by atoms with Gasteiger partial charge in [0.15, 0.2) is 17.5 Å². The van der Waals surface area contributed by atoms with Crippen LogP contribution in [0.2, 0.25) is 0 Å². The zero-order valence-corrected chi connectivity index (χ0v) is 29.4. The van der Waals surface area contributed by atoms with Gasteiger partial charge in [-0.3, -0.25) is 0 Å². The largest absolute Gasteiger partial charge is 0.208 e. The van der Waals surface area contributed by atoms with E-state index in [0.29, 0.717) is 17.5 Å². The van der Waals surface area contributed by atoms with Crippen molar-refractivity contribution in [3.63, 3.8) is 0 Å². The molecule has 0 radical (unpaired) electrons. The lowest BCUT2D eigenvalue weighted by Gasteiger charge is -2.12. The Morgan fingerprint density at radius 1 is 0.222 bits per heavy atom. The summed E-state index contributed by atoms with van der Waals surface area (Å²) in [4.78, 5) is 15.3. The van der Waals surface area contributed by atoms with E-state index in [2.05, 4.69) is 194 Å². The van der Waals surface area contributed by atoms with Gasteiger partial charge >= 0.3 is 0 Å². The molecule has 54 heavy (non-hydrogen) atoms. The van der Waals surface area contributed by atoms with Crippen molar-refractivity contribution in [1.29, 1.82) is 0 Å². The molecule has 0 aliphatic rings. The third-order valence-electron chi connectivity index (χ3n) is 10.3. The maximum absolute atomic E-state index is 5.12. The zero-order chi connectivity index (χ0) is 35.8. The van der Waals surface area contributed by atoms with Crippen LogP contribution in [0.4, 0.5) is 0 Å². The number of aromatic nitrogens is 3. The van der Waals surface area contributed by atoms with Gasteiger partial charge in [0.25, 0.3) is 0 Å². The molecule has 3 heteroatoms. The van der Waals surface area contributed by atoms with Crippen molar-refractivity contribution in [2.24, 2.45) is 0 Å². The minimum atomic E-state index is 0.639. The Hall–Kier alpha value is -7.23. The summed E-state index contributed by atoms with van der Waals surface area (Å²) in [6.07, 6.45) is 0. The smallest absolute Gasteiger partial charge is 0.164 e. The normalized spacial score (nSPS) is 11.3. The molecule has 0 aliphatic heterocycles. The molecule has 0 fully saturated rings. The zero-order valence-electron chi connectivity index (χ0n) is 29.4. The molecular formula is C51H33N3. The maximum Gasteiger partial charge on any atom is 0.164 e. The first-order valence-electron chi connectivity index (χ1n) is 18.3. The van der Waals surface area contributed by atoms with Crippen molar-refractivity contribution in [2.75, 3.05) is 0 Å². The second-order valence-corrected chi connectivity index (χ2v) is 13.7. The summed E-state index contributed by atoms with van der Waals surface area (Å²) in [6, 6.07) is 70.7. The van der Waals surface area contributed by atoms with Crippen LogP contribution in [0.3, 0.4) is 0 Å². The van der Waals surface area contributed by atoms with Crippen molar-refractivity contribution in [3.8, 4) is 67.5 Å². The van der Waals surface area contributed by atoms with Gasteiger partial charge in [-0.1, -0.05) is 188 Å². The molecule has 10 aromatic rings. The standard InChI is InChI=1S/C51H33N3/c1-2-10-34(11-3-1)41-28-29-43-33-44(31-30-42(43)32-41)50-52-49(53-51(54-50)48-19-9-15-38-13-5-7-17-47(38)48)40-26-22-36(23-27-40)35-20-24-39(25-21-35)46-18-8-14-37-12-4-6-16-45(37)46/h1-33H. The molecule has 10 rings (SSSR count). The molecule has 252 valence electrons. The maximum atomic E-state index is 5.12. The Labute approximate surface area is 313 Å². The molecule has 0 saturated heterocycles. The highest BCUT2D eigenvalue weighted by Gasteiger charge is 2.15. The molecule has 9 aromatic carbocycles. The molecule has 0 atom stereocenters. The van der Waals surface area contributed by atoms with Gasteiger partial charge < -0.3 is 0 Å². The topological polar surface area (TPSA) is 38.7 Å². The van der Waals surface area contributed by atoms with E-state index in [1.807, 2.05) is 6.07 Å². The van der Waals surface area contributed by atoms with E-state index in [4.69, 9.17) is 15.0 Å². The van der Waals surface area contributed by atoms with E-state index < -0.39 is 0 Å². The van der Waals surface area contributed by atoms with Gasteiger partial charge in [-0.05, 0) is 77.8 Å². The molecule has 0 amide bonds. The van der Waals surface area contributed by atoms with Crippen LogP contribution >= 0.6 is 0 Å². The first-order valence-corrected chi connectivity index (χ1v) is 18.3. The van der Waals surface area contributed by atoms with Crippen LogP contribution in [-0.2, 0) is 0 Å². The van der Waals surface area contributed by atoms with Gasteiger partial charge in [0.1, 0.15) is 0 Å². The van der Waals surface area contributed by atoms with Gasteiger partial charge in [0, 0.05) is 16.7 Å². The van der Waals surface area contributed by atoms with Crippen molar-refractivity contribution in [2.45, 2.75) is 0 Å². The van der Waals surface area contributed by atoms with Crippen LogP contribution in [0.25, 0.3) is 99.9 Å². The van der Waals surface area contributed by atoms with Crippen LogP contribution in [-0.4, -0.2) is 15.0 Å². The molecular weight excluding hydrogens is 655 g/mol. The van der Waals surface area contributed by atoms with Crippen LogP contribution in [0.5, 0.6) is 0 Å². The second-order valence-electron chi connectivity index (χ2n) is 13.7. The van der Waals surface area contributed by atoms with Crippen molar-refractivity contribution in [1.82, 2.24) is 15.0 Å². The van der Waals surface area contributed by atoms with Gasteiger partial charge in [-0.15, -0.1) is 0 Å². The van der Waals surface area contributed by atoms with Crippen LogP contribution in [0.1, 0.15) is 0 Å². The van der Waals surface area contributed by atoms with E-state index in [9.17, 15) is 0 Å². The minimum Gasteiger partial charge on any atom is -0.208 e. The first kappa shape index (κ1) is 31.5. The summed E-state index contributed by atoms with van der Waals surface area (Å²) in [5.74, 6) is 1.94. The van der Waals surface area contributed by atoms with Crippen molar-refractivity contribution in [3.05, 3.63) is 200 Å². The molecule has 0 aliphatic carbocycles. The summed E-state index contributed by atoms with van der Waals surface area (Å²) >= 11 is 0. The molecule has 0 N–H and O–H groups in total. The Morgan fingerprint density at radius 3 is 1.31 bits per heavy atom.